The van der Waals surface area contributed by atoms with Gasteiger partial charge in [0.2, 0.25) is 10.0 Å². The molecule has 0 aliphatic heterocycles. The summed E-state index contributed by atoms with van der Waals surface area (Å²) in [4.78, 5) is 12.3. The van der Waals surface area contributed by atoms with Crippen LogP contribution in [0, 0.1) is 11.7 Å². The zero-order chi connectivity index (χ0) is 23.7. The van der Waals surface area contributed by atoms with Gasteiger partial charge in [0.1, 0.15) is 17.6 Å². The number of amides is 1. The van der Waals surface area contributed by atoms with Crippen molar-refractivity contribution in [1.29, 1.82) is 0 Å². The molecule has 0 aromatic heterocycles. The zero-order valence-electron chi connectivity index (χ0n) is 18.0. The van der Waals surface area contributed by atoms with Gasteiger partial charge in [-0.1, -0.05) is 26.0 Å². The molecule has 0 unspecified atom stereocenters. The van der Waals surface area contributed by atoms with Gasteiger partial charge < -0.3 is 4.74 Å². The smallest absolute Gasteiger partial charge is 0.261 e. The summed E-state index contributed by atoms with van der Waals surface area (Å²) in [6, 6.07) is 9.64. The zero-order valence-corrected chi connectivity index (χ0v) is 18.8. The van der Waals surface area contributed by atoms with Crippen LogP contribution in [0.15, 0.2) is 53.4 Å². The van der Waals surface area contributed by atoms with Crippen LogP contribution in [-0.4, -0.2) is 43.2 Å². The summed E-state index contributed by atoms with van der Waals surface area (Å²) in [7, 11) is -4.20. The number of alkyl halides is 1. The van der Waals surface area contributed by atoms with Gasteiger partial charge in [-0.15, -0.1) is 0 Å². The van der Waals surface area contributed by atoms with Gasteiger partial charge >= 0.3 is 0 Å². The molecule has 7 nitrogen and oxygen atoms in total. The summed E-state index contributed by atoms with van der Waals surface area (Å²) in [5, 5.41) is 9.23. The summed E-state index contributed by atoms with van der Waals surface area (Å²) in [6.07, 6.45) is 0.371. The van der Waals surface area contributed by atoms with Gasteiger partial charge in [0.15, 0.2) is 0 Å². The highest BCUT2D eigenvalue weighted by Crippen LogP contribution is 2.26. The highest BCUT2D eigenvalue weighted by molar-refractivity contribution is 7.89. The van der Waals surface area contributed by atoms with Crippen molar-refractivity contribution in [2.75, 3.05) is 13.3 Å². The quantitative estimate of drug-likeness (QED) is 0.280. The van der Waals surface area contributed by atoms with Gasteiger partial charge in [0.05, 0.1) is 18.2 Å². The molecule has 2 aromatic rings. The molecule has 0 aliphatic rings. The Morgan fingerprint density at radius 3 is 2.28 bits per heavy atom. The van der Waals surface area contributed by atoms with E-state index in [2.05, 4.69) is 0 Å². The number of halogens is 2. The van der Waals surface area contributed by atoms with Gasteiger partial charge in [-0.25, -0.2) is 18.3 Å². The highest BCUT2D eigenvalue weighted by Gasteiger charge is 2.36. The van der Waals surface area contributed by atoms with Gasteiger partial charge in [-0.3, -0.25) is 14.4 Å². The number of benzene rings is 2. The maximum Gasteiger partial charge on any atom is 0.261 e. The van der Waals surface area contributed by atoms with E-state index in [1.165, 1.54) is 48.5 Å². The molecule has 10 heteroatoms. The Morgan fingerprint density at radius 2 is 1.75 bits per heavy atom. The summed E-state index contributed by atoms with van der Waals surface area (Å²) in [5.74, 6) is -1.02. The largest absolute Gasteiger partial charge is 0.493 e. The first kappa shape index (κ1) is 25.7. The molecule has 32 heavy (non-hydrogen) atoms. The molecule has 0 bridgehead atoms. The van der Waals surface area contributed by atoms with Crippen molar-refractivity contribution in [2.45, 2.75) is 44.2 Å². The number of sulfonamides is 1. The van der Waals surface area contributed by atoms with Crippen LogP contribution in [0.5, 0.6) is 5.75 Å². The van der Waals surface area contributed by atoms with Crippen molar-refractivity contribution in [3.8, 4) is 5.75 Å². The van der Waals surface area contributed by atoms with Gasteiger partial charge in [0.25, 0.3) is 5.91 Å². The number of nitrogens with zero attached hydrogens (tertiary/aromatic N) is 1. The van der Waals surface area contributed by atoms with E-state index in [4.69, 9.17) is 4.74 Å². The molecule has 1 atom stereocenters. The minimum absolute atomic E-state index is 0.0606. The fraction of sp³-hybridized carbons (Fsp3) is 0.409. The number of nitrogens with one attached hydrogen (secondary N) is 1. The molecular weight excluding hydrogens is 442 g/mol. The second kappa shape index (κ2) is 11.9. The Bertz CT molecular complexity index is 967. The predicted octanol–water partition coefficient (Wildman–Crippen LogP) is 3.68. The van der Waals surface area contributed by atoms with Crippen molar-refractivity contribution >= 4 is 15.9 Å². The lowest BCUT2D eigenvalue weighted by Gasteiger charge is -2.30. The summed E-state index contributed by atoms with van der Waals surface area (Å²) in [5.41, 5.74) is 2.02. The van der Waals surface area contributed by atoms with E-state index in [0.29, 0.717) is 11.3 Å². The van der Waals surface area contributed by atoms with Crippen molar-refractivity contribution in [3.63, 3.8) is 0 Å². The third-order valence-corrected chi connectivity index (χ3v) is 6.55. The average Bonchev–Trinajstić information content (AvgIpc) is 2.77. The molecule has 0 fully saturated rings. The minimum atomic E-state index is -4.20. The lowest BCUT2D eigenvalue weighted by Crippen LogP contribution is -2.49. The summed E-state index contributed by atoms with van der Waals surface area (Å²) >= 11 is 0. The average molecular weight is 471 g/mol. The molecule has 0 spiro atoms. The monoisotopic (exact) mass is 470 g/mol. The van der Waals surface area contributed by atoms with Crippen LogP contribution >= 0.6 is 0 Å². The van der Waals surface area contributed by atoms with E-state index in [1.54, 1.807) is 5.48 Å². The van der Waals surface area contributed by atoms with Crippen LogP contribution in [0.25, 0.3) is 0 Å². The molecule has 176 valence electrons. The van der Waals surface area contributed by atoms with E-state index in [0.717, 1.165) is 4.31 Å². The van der Waals surface area contributed by atoms with Crippen molar-refractivity contribution in [2.24, 2.45) is 5.92 Å². The molecule has 0 aliphatic carbocycles. The van der Waals surface area contributed by atoms with Gasteiger partial charge in [-0.2, -0.15) is 4.31 Å². The highest BCUT2D eigenvalue weighted by atomic mass is 32.2. The van der Waals surface area contributed by atoms with Crippen molar-refractivity contribution in [3.05, 3.63) is 59.9 Å². The predicted molar refractivity (Wildman–Crippen MR) is 115 cm³/mol. The molecule has 1 amide bonds. The van der Waals surface area contributed by atoms with Crippen molar-refractivity contribution in [1.82, 2.24) is 9.79 Å². The second-order valence-corrected chi connectivity index (χ2v) is 9.55. The Kier molecular flexibility index (Phi) is 9.55. The molecular formula is C22H28F2N2O5S. The lowest BCUT2D eigenvalue weighted by molar-refractivity contribution is -0.133. The molecule has 2 N–H and O–H groups in total. The molecule has 0 heterocycles. The minimum Gasteiger partial charge on any atom is -0.493 e. The Hall–Kier alpha value is -2.56. The number of carbonyl (C=O) groups is 1. The van der Waals surface area contributed by atoms with E-state index in [-0.39, 0.29) is 36.8 Å². The summed E-state index contributed by atoms with van der Waals surface area (Å²) in [6.45, 7) is 3.08. The SMILES string of the molecule is CC(C)C[C@H](C(=O)NO)N(Cc1ccc(F)cc1)S(=O)(=O)c1ccc(OCCCF)cc1. The van der Waals surface area contributed by atoms with Gasteiger partial charge in [-0.05, 0) is 54.3 Å². The van der Waals surface area contributed by atoms with E-state index >= 15 is 0 Å². The van der Waals surface area contributed by atoms with Crippen LogP contribution in [-0.2, 0) is 21.4 Å². The van der Waals surface area contributed by atoms with Crippen LogP contribution < -0.4 is 10.2 Å². The number of hydrogen-bond acceptors (Lipinski definition) is 5. The van der Waals surface area contributed by atoms with Crippen molar-refractivity contribution < 1.29 is 31.9 Å². The topological polar surface area (TPSA) is 95.9 Å². The van der Waals surface area contributed by atoms with Crippen LogP contribution in [0.4, 0.5) is 8.78 Å². The fourth-order valence-electron chi connectivity index (χ4n) is 3.10. The lowest BCUT2D eigenvalue weighted by atomic mass is 10.0. The van der Waals surface area contributed by atoms with E-state index in [9.17, 15) is 27.2 Å². The number of carbonyl (C=O) groups excluding carboxylic acids is 1. The number of hydroxylamine groups is 1. The molecule has 2 aromatic carbocycles. The normalized spacial score (nSPS) is 12.7. The standard InChI is InChI=1S/C22H28F2N2O5S/c1-16(2)14-21(22(27)25-28)26(15-17-4-6-18(24)7-5-17)32(29,30)20-10-8-19(9-11-20)31-13-3-12-23/h4-11,16,21,28H,3,12-15H2,1-2H3,(H,25,27)/t21-/m1/s1. The summed E-state index contributed by atoms with van der Waals surface area (Å²) < 4.78 is 58.9. The number of hydrogen-bond donors (Lipinski definition) is 2. The molecule has 0 saturated carbocycles. The molecule has 2 rings (SSSR count). The van der Waals surface area contributed by atoms with Crippen LogP contribution in [0.2, 0.25) is 0 Å². The number of ether oxygens (including phenoxy) is 1. The molecule has 0 radical (unpaired) electrons. The first-order chi connectivity index (χ1) is 15.2. The number of rotatable bonds is 12. The van der Waals surface area contributed by atoms with E-state index in [1.807, 2.05) is 13.8 Å². The first-order valence-electron chi connectivity index (χ1n) is 10.2. The van der Waals surface area contributed by atoms with Crippen LogP contribution in [0.1, 0.15) is 32.3 Å². The maximum atomic E-state index is 13.5. The maximum absolute atomic E-state index is 13.5. The Labute approximate surface area is 187 Å². The third kappa shape index (κ3) is 6.98. The fourth-order valence-corrected chi connectivity index (χ4v) is 4.68. The Morgan fingerprint density at radius 1 is 1.12 bits per heavy atom. The molecule has 0 saturated heterocycles. The first-order valence-corrected chi connectivity index (χ1v) is 11.6. The van der Waals surface area contributed by atoms with Crippen LogP contribution in [0.3, 0.4) is 0 Å². The second-order valence-electron chi connectivity index (χ2n) is 7.66. The van der Waals surface area contributed by atoms with E-state index < -0.39 is 34.5 Å². The van der Waals surface area contributed by atoms with Gasteiger partial charge in [0, 0.05) is 13.0 Å². The third-order valence-electron chi connectivity index (χ3n) is 4.68. The Balaban J connectivity index is 2.43.